The van der Waals surface area contributed by atoms with E-state index in [4.69, 9.17) is 0 Å². The van der Waals surface area contributed by atoms with Gasteiger partial charge in [-0.25, -0.2) is 4.57 Å². The van der Waals surface area contributed by atoms with E-state index in [0.717, 1.165) is 0 Å². The number of nitrogens with zero attached hydrogens (tertiary/aromatic N) is 2. The summed E-state index contributed by atoms with van der Waals surface area (Å²) in [7, 11) is 0.359. The van der Waals surface area contributed by atoms with Crippen LogP contribution in [0.15, 0.2) is 79.0 Å². The number of aryl methyl sites for hydroxylation is 2. The fourth-order valence-corrected chi connectivity index (χ4v) is 9.14. The third-order valence-corrected chi connectivity index (χ3v) is 11.3. The second-order valence-corrected chi connectivity index (χ2v) is 14.1. The molecule has 0 atom stereocenters. The molecule has 0 bridgehead atoms. The van der Waals surface area contributed by atoms with E-state index in [1.165, 1.54) is 65.8 Å². The minimum absolute atomic E-state index is 1.30. The van der Waals surface area contributed by atoms with Crippen molar-refractivity contribution in [3.05, 3.63) is 84.6 Å². The Bertz CT molecular complexity index is 1630. The van der Waals surface area contributed by atoms with Gasteiger partial charge in [0.1, 0.15) is 15.1 Å². The third kappa shape index (κ3) is 2.03. The Morgan fingerprint density at radius 3 is 2.44 bits per heavy atom. The second-order valence-electron chi connectivity index (χ2n) is 9.80. The normalized spacial score (nSPS) is 15.1. The molecule has 2 aliphatic rings. The van der Waals surface area contributed by atoms with Gasteiger partial charge in [0.25, 0.3) is 0 Å². The standard InChI is InChI=1S/C29H25N2Si/c1-18-21-10-6-5-9-20(21)17-23-26(18)29-27-19(15-16-30(29)2)13-14-25-28(27)31(23)22-11-7-8-12-24(22)32(25,3)4/h5-17H,1-4H3/q+1. The van der Waals surface area contributed by atoms with E-state index in [1.807, 2.05) is 0 Å². The Labute approximate surface area is 189 Å². The number of pyridine rings is 1. The fourth-order valence-electron chi connectivity index (χ4n) is 6.17. The highest BCUT2D eigenvalue weighted by Crippen LogP contribution is 2.53. The smallest absolute Gasteiger partial charge is 0.224 e. The van der Waals surface area contributed by atoms with Gasteiger partial charge in [0, 0.05) is 11.8 Å². The van der Waals surface area contributed by atoms with Crippen molar-refractivity contribution in [2.45, 2.75) is 20.0 Å². The maximum Gasteiger partial charge on any atom is 0.224 e. The largest absolute Gasteiger partial charge is 0.309 e. The highest BCUT2D eigenvalue weighted by molar-refractivity contribution is 7.03. The molecule has 5 aromatic rings. The van der Waals surface area contributed by atoms with Crippen molar-refractivity contribution in [3.8, 4) is 11.3 Å². The Hall–Kier alpha value is -3.43. The van der Waals surface area contributed by atoms with Crippen LogP contribution in [-0.2, 0) is 7.05 Å². The van der Waals surface area contributed by atoms with Crippen molar-refractivity contribution < 1.29 is 4.57 Å². The van der Waals surface area contributed by atoms with Crippen molar-refractivity contribution in [1.29, 1.82) is 0 Å². The lowest BCUT2D eigenvalue weighted by atomic mass is 9.88. The van der Waals surface area contributed by atoms with Crippen LogP contribution >= 0.6 is 0 Å². The molecule has 154 valence electrons. The van der Waals surface area contributed by atoms with Crippen LogP contribution in [0.5, 0.6) is 0 Å². The van der Waals surface area contributed by atoms with Gasteiger partial charge in [-0.3, -0.25) is 0 Å². The molecule has 1 aromatic heterocycles. The zero-order valence-electron chi connectivity index (χ0n) is 18.9. The highest BCUT2D eigenvalue weighted by Gasteiger charge is 2.44. The number of hydrogen-bond acceptors (Lipinski definition) is 1. The van der Waals surface area contributed by atoms with E-state index in [9.17, 15) is 0 Å². The Kier molecular flexibility index (Phi) is 3.33. The molecule has 32 heavy (non-hydrogen) atoms. The predicted octanol–water partition coefficient (Wildman–Crippen LogP) is 5.71. The lowest BCUT2D eigenvalue weighted by Crippen LogP contribution is -2.59. The summed E-state index contributed by atoms with van der Waals surface area (Å²) in [4.78, 5) is 2.58. The zero-order valence-corrected chi connectivity index (χ0v) is 19.9. The fraction of sp³-hybridized carbons (Fsp3) is 0.138. The van der Waals surface area contributed by atoms with Gasteiger partial charge < -0.3 is 4.90 Å². The first-order valence-electron chi connectivity index (χ1n) is 11.4. The molecule has 0 N–H and O–H groups in total. The molecule has 0 amide bonds. The third-order valence-electron chi connectivity index (χ3n) is 7.76. The predicted molar refractivity (Wildman–Crippen MR) is 138 cm³/mol. The summed E-state index contributed by atoms with van der Waals surface area (Å²) in [6, 6.07) is 27.4. The number of aromatic nitrogens is 1. The van der Waals surface area contributed by atoms with E-state index in [0.29, 0.717) is 0 Å². The van der Waals surface area contributed by atoms with Crippen molar-refractivity contribution >= 4 is 57.1 Å². The molecular weight excluding hydrogens is 404 g/mol. The number of para-hydroxylation sites is 1. The van der Waals surface area contributed by atoms with Gasteiger partial charge >= 0.3 is 0 Å². The lowest BCUT2D eigenvalue weighted by Gasteiger charge is -2.44. The van der Waals surface area contributed by atoms with Crippen molar-refractivity contribution in [3.63, 3.8) is 0 Å². The van der Waals surface area contributed by atoms with Crippen LogP contribution < -0.4 is 19.8 Å². The minimum Gasteiger partial charge on any atom is -0.309 e. The van der Waals surface area contributed by atoms with Crippen LogP contribution in [-0.4, -0.2) is 8.07 Å². The molecule has 3 heteroatoms. The highest BCUT2D eigenvalue weighted by atomic mass is 28.3. The summed E-state index contributed by atoms with van der Waals surface area (Å²) in [5.41, 5.74) is 8.14. The summed E-state index contributed by atoms with van der Waals surface area (Å²) in [6.45, 7) is 7.30. The number of hydrogen-bond donors (Lipinski definition) is 0. The number of benzene rings is 4. The van der Waals surface area contributed by atoms with E-state index in [2.05, 4.69) is 116 Å². The summed E-state index contributed by atoms with van der Waals surface area (Å²) in [5, 5.41) is 8.42. The molecule has 7 rings (SSSR count). The summed E-state index contributed by atoms with van der Waals surface area (Å²) >= 11 is 0. The van der Waals surface area contributed by atoms with E-state index < -0.39 is 8.07 Å². The van der Waals surface area contributed by atoms with E-state index >= 15 is 0 Å². The van der Waals surface area contributed by atoms with Gasteiger partial charge in [-0.15, -0.1) is 0 Å². The van der Waals surface area contributed by atoms with E-state index in [1.54, 1.807) is 0 Å². The van der Waals surface area contributed by atoms with Crippen LogP contribution in [0.1, 0.15) is 5.56 Å². The first-order valence-corrected chi connectivity index (χ1v) is 14.4. The molecule has 2 nitrogen and oxygen atoms in total. The summed E-state index contributed by atoms with van der Waals surface area (Å²) in [6.07, 6.45) is 2.22. The first kappa shape index (κ1) is 18.2. The molecule has 0 saturated carbocycles. The molecule has 2 aliphatic heterocycles. The summed E-state index contributed by atoms with van der Waals surface area (Å²) in [5.74, 6) is 0. The van der Waals surface area contributed by atoms with E-state index in [-0.39, 0.29) is 0 Å². The molecule has 4 aromatic carbocycles. The van der Waals surface area contributed by atoms with Crippen molar-refractivity contribution in [2.75, 3.05) is 4.90 Å². The first-order chi connectivity index (χ1) is 15.5. The van der Waals surface area contributed by atoms with Crippen LogP contribution in [0.4, 0.5) is 17.1 Å². The molecule has 0 radical (unpaired) electrons. The molecule has 0 spiro atoms. The maximum atomic E-state index is 2.58. The van der Waals surface area contributed by atoms with Crippen LogP contribution in [0.25, 0.3) is 32.8 Å². The van der Waals surface area contributed by atoms with Gasteiger partial charge in [-0.05, 0) is 51.2 Å². The SMILES string of the molecule is Cc1c2c(cc3ccccc13)N1c3ccccc3[Si](C)(C)c3ccc4cc[n+](C)c-2c4c31. The Morgan fingerprint density at radius 2 is 1.56 bits per heavy atom. The van der Waals surface area contributed by atoms with Crippen molar-refractivity contribution in [1.82, 2.24) is 0 Å². The maximum absolute atomic E-state index is 2.58. The Morgan fingerprint density at radius 1 is 0.781 bits per heavy atom. The molecule has 3 heterocycles. The Balaban J connectivity index is 1.78. The quantitative estimate of drug-likeness (QED) is 0.221. The second kappa shape index (κ2) is 5.87. The van der Waals surface area contributed by atoms with Crippen LogP contribution in [0.3, 0.4) is 0 Å². The van der Waals surface area contributed by atoms with Crippen LogP contribution in [0.2, 0.25) is 13.1 Å². The molecule has 0 fully saturated rings. The number of rotatable bonds is 0. The average molecular weight is 430 g/mol. The van der Waals surface area contributed by atoms with Gasteiger partial charge in [0.05, 0.1) is 22.3 Å². The number of fused-ring (bicyclic) bond motifs is 6. The van der Waals surface area contributed by atoms with Gasteiger partial charge in [-0.2, -0.15) is 0 Å². The minimum atomic E-state index is -1.84. The molecule has 0 aliphatic carbocycles. The monoisotopic (exact) mass is 429 g/mol. The average Bonchev–Trinajstić information content (AvgIpc) is 2.80. The van der Waals surface area contributed by atoms with Crippen LogP contribution in [0, 0.1) is 6.92 Å². The molecule has 0 saturated heterocycles. The van der Waals surface area contributed by atoms with Crippen molar-refractivity contribution in [2.24, 2.45) is 7.05 Å². The number of anilines is 3. The zero-order chi connectivity index (χ0) is 21.8. The van der Waals surface area contributed by atoms with Gasteiger partial charge in [0.15, 0.2) is 6.20 Å². The topological polar surface area (TPSA) is 7.12 Å². The lowest BCUT2D eigenvalue weighted by molar-refractivity contribution is -0.659. The van der Waals surface area contributed by atoms with Gasteiger partial charge in [0.2, 0.25) is 5.69 Å². The molecular formula is C29H25N2Si+. The van der Waals surface area contributed by atoms with Gasteiger partial charge in [-0.1, -0.05) is 67.7 Å². The molecule has 0 unspecified atom stereocenters. The summed E-state index contributed by atoms with van der Waals surface area (Å²) < 4.78 is 2.33.